The van der Waals surface area contributed by atoms with Crippen LogP contribution < -0.4 is 23.1 Å². The van der Waals surface area contributed by atoms with Gasteiger partial charge in [0.2, 0.25) is 0 Å². The largest absolute Gasteiger partial charge is 1.00 e. The van der Waals surface area contributed by atoms with E-state index in [1.165, 1.54) is 4.88 Å². The van der Waals surface area contributed by atoms with Crippen molar-refractivity contribution in [2.45, 2.75) is 5.92 Å². The van der Waals surface area contributed by atoms with Crippen molar-refractivity contribution in [1.82, 2.24) is 0 Å². The van der Waals surface area contributed by atoms with Crippen molar-refractivity contribution in [3.05, 3.63) is 52.5 Å². The predicted octanol–water partition coefficient (Wildman–Crippen LogP) is -1.02. The molecule has 0 fully saturated rings. The molecule has 0 aliphatic carbocycles. The molecule has 0 amide bonds. The second-order valence-corrected chi connectivity index (χ2v) is 4.62. The molecular weight excluding hydrogens is 260 g/mol. The summed E-state index contributed by atoms with van der Waals surface area (Å²) >= 11 is 6.78. The molecule has 2 aromatic rings. The van der Waals surface area contributed by atoms with Crippen LogP contribution in [-0.2, 0) is 0 Å². The van der Waals surface area contributed by atoms with Crippen LogP contribution in [0.1, 0.15) is 16.5 Å². The number of nitrogens with one attached hydrogen (secondary N) is 1. The molecule has 0 aliphatic rings. The Bertz CT molecular complexity index is 442. The summed E-state index contributed by atoms with van der Waals surface area (Å²) in [4.78, 5) is 4.85. The number of thiocarbonyl (C=S) groups is 1. The first-order valence-electron chi connectivity index (χ1n) is 4.58. The Morgan fingerprint density at radius 2 is 2.12 bits per heavy atom. The van der Waals surface area contributed by atoms with Gasteiger partial charge >= 0.3 is 0 Å². The highest BCUT2D eigenvalue weighted by Gasteiger charge is 2.23. The van der Waals surface area contributed by atoms with Crippen LogP contribution in [0.5, 0.6) is 0 Å². The summed E-state index contributed by atoms with van der Waals surface area (Å²) in [6.45, 7) is 0. The molecule has 0 radical (unpaired) electrons. The molecule has 0 aliphatic heterocycles. The molecule has 0 saturated heterocycles. The number of aromatic nitrogens is 1. The van der Waals surface area contributed by atoms with E-state index in [1.807, 2.05) is 35.8 Å². The quantitative estimate of drug-likeness (QED) is 0.726. The monoisotopic (exact) mass is 270 g/mol. The van der Waals surface area contributed by atoms with Crippen LogP contribution in [0.2, 0.25) is 0 Å². The number of pyridine rings is 1. The van der Waals surface area contributed by atoms with E-state index < -0.39 is 0 Å². The van der Waals surface area contributed by atoms with Gasteiger partial charge in [-0.05, 0) is 11.4 Å². The van der Waals surface area contributed by atoms with Crippen molar-refractivity contribution in [2.75, 3.05) is 0 Å². The number of hydrogen-bond donors (Lipinski definition) is 1. The average molecular weight is 271 g/mol. The molecule has 16 heavy (non-hydrogen) atoms. The van der Waals surface area contributed by atoms with E-state index in [0.29, 0.717) is 4.99 Å². The Hall–Kier alpha value is -0.970. The summed E-state index contributed by atoms with van der Waals surface area (Å²) in [5.74, 6) is 0.00111. The fraction of sp³-hybridized carbons (Fsp3) is 0.0909. The second-order valence-electron chi connectivity index (χ2n) is 3.17. The number of aromatic amines is 1. The molecule has 5 heteroatoms. The van der Waals surface area contributed by atoms with Crippen LogP contribution in [-0.4, -0.2) is 4.99 Å². The summed E-state index contributed by atoms with van der Waals surface area (Å²) in [5.41, 5.74) is 6.81. The number of hydrogen-bond acceptors (Lipinski definition) is 2. The van der Waals surface area contributed by atoms with Crippen molar-refractivity contribution in [3.8, 4) is 0 Å². The van der Waals surface area contributed by atoms with Gasteiger partial charge in [0.15, 0.2) is 11.9 Å². The Balaban J connectivity index is 0.00000128. The van der Waals surface area contributed by atoms with Crippen molar-refractivity contribution in [2.24, 2.45) is 5.73 Å². The van der Waals surface area contributed by atoms with E-state index in [9.17, 15) is 0 Å². The van der Waals surface area contributed by atoms with Crippen LogP contribution in [0, 0.1) is 0 Å². The van der Waals surface area contributed by atoms with Crippen LogP contribution >= 0.6 is 23.6 Å². The number of thiophene rings is 1. The maximum Gasteiger partial charge on any atom is 0.194 e. The lowest BCUT2D eigenvalue weighted by Crippen LogP contribution is -3.00. The lowest BCUT2D eigenvalue weighted by atomic mass is 10.0. The first-order valence-corrected chi connectivity index (χ1v) is 5.87. The standard InChI is InChI=1S/C11H10N2S2.ClH/c12-11(14)10(9-5-3-7-15-9)8-4-1-2-6-13-8;/h1-7,10H,(H2,12,14);1H. The van der Waals surface area contributed by atoms with Crippen LogP contribution in [0.4, 0.5) is 0 Å². The van der Waals surface area contributed by atoms with Gasteiger partial charge in [-0.25, -0.2) is 4.98 Å². The number of halogens is 1. The van der Waals surface area contributed by atoms with E-state index in [2.05, 4.69) is 11.1 Å². The van der Waals surface area contributed by atoms with Crippen molar-refractivity contribution >= 4 is 28.5 Å². The SMILES string of the molecule is NC(=S)C(c1cccc[nH+]1)c1cccs1.[Cl-]. The number of rotatable bonds is 3. The van der Waals surface area contributed by atoms with Gasteiger partial charge in [0, 0.05) is 17.0 Å². The zero-order chi connectivity index (χ0) is 10.7. The van der Waals surface area contributed by atoms with Gasteiger partial charge in [-0.2, -0.15) is 0 Å². The van der Waals surface area contributed by atoms with Crippen molar-refractivity contribution in [3.63, 3.8) is 0 Å². The normalized spacial score (nSPS) is 11.5. The lowest BCUT2D eigenvalue weighted by molar-refractivity contribution is -0.390. The summed E-state index contributed by atoms with van der Waals surface area (Å²) < 4.78 is 0. The summed E-state index contributed by atoms with van der Waals surface area (Å²) in [5, 5.41) is 2.03. The highest BCUT2D eigenvalue weighted by molar-refractivity contribution is 7.80. The van der Waals surface area contributed by atoms with E-state index in [-0.39, 0.29) is 18.3 Å². The minimum Gasteiger partial charge on any atom is -1.00 e. The van der Waals surface area contributed by atoms with E-state index in [1.54, 1.807) is 11.3 Å². The van der Waals surface area contributed by atoms with Gasteiger partial charge in [0.1, 0.15) is 5.92 Å². The predicted molar refractivity (Wildman–Crippen MR) is 65.9 cm³/mol. The fourth-order valence-electron chi connectivity index (χ4n) is 1.49. The Labute approximate surface area is 110 Å². The fourth-order valence-corrected chi connectivity index (χ4v) is 2.68. The average Bonchev–Trinajstić information content (AvgIpc) is 2.72. The molecule has 0 saturated carbocycles. The molecule has 0 spiro atoms. The molecule has 2 heterocycles. The minimum absolute atomic E-state index is 0. The topological polar surface area (TPSA) is 40.2 Å². The molecule has 0 bridgehead atoms. The number of nitrogens with two attached hydrogens (primary N) is 1. The molecule has 2 aromatic heterocycles. The first kappa shape index (κ1) is 13.1. The molecule has 1 unspecified atom stereocenters. The third kappa shape index (κ3) is 2.78. The summed E-state index contributed by atoms with van der Waals surface area (Å²) in [7, 11) is 0. The van der Waals surface area contributed by atoms with Crippen LogP contribution in [0.3, 0.4) is 0 Å². The van der Waals surface area contributed by atoms with Crippen molar-refractivity contribution < 1.29 is 17.4 Å². The third-order valence-electron chi connectivity index (χ3n) is 2.16. The third-order valence-corrected chi connectivity index (χ3v) is 3.33. The van der Waals surface area contributed by atoms with E-state index >= 15 is 0 Å². The maximum atomic E-state index is 5.78. The molecule has 2 rings (SSSR count). The Kier molecular flexibility index (Phi) is 4.86. The molecule has 2 nitrogen and oxygen atoms in total. The Morgan fingerprint density at radius 3 is 2.62 bits per heavy atom. The van der Waals surface area contributed by atoms with Gasteiger partial charge in [-0.3, -0.25) is 0 Å². The zero-order valence-electron chi connectivity index (χ0n) is 8.39. The summed E-state index contributed by atoms with van der Waals surface area (Å²) in [6.07, 6.45) is 1.88. The van der Waals surface area contributed by atoms with E-state index in [4.69, 9.17) is 18.0 Å². The van der Waals surface area contributed by atoms with Gasteiger partial charge in [0.05, 0.1) is 4.99 Å². The van der Waals surface area contributed by atoms with Gasteiger partial charge in [0.25, 0.3) is 0 Å². The molecule has 3 N–H and O–H groups in total. The Morgan fingerprint density at radius 1 is 1.31 bits per heavy atom. The van der Waals surface area contributed by atoms with Gasteiger partial charge < -0.3 is 18.1 Å². The van der Waals surface area contributed by atoms with Crippen LogP contribution in [0.15, 0.2) is 41.9 Å². The summed E-state index contributed by atoms with van der Waals surface area (Å²) in [6, 6.07) is 9.98. The highest BCUT2D eigenvalue weighted by Crippen LogP contribution is 2.25. The number of H-pyrrole nitrogens is 1. The molecule has 84 valence electrons. The minimum atomic E-state index is 0. The van der Waals surface area contributed by atoms with Gasteiger partial charge in [-0.15, -0.1) is 11.3 Å². The maximum absolute atomic E-state index is 5.78. The lowest BCUT2D eigenvalue weighted by Gasteiger charge is -2.08. The van der Waals surface area contributed by atoms with E-state index in [0.717, 1.165) is 5.69 Å². The first-order chi connectivity index (χ1) is 7.29. The molecule has 1 atom stereocenters. The van der Waals surface area contributed by atoms with Gasteiger partial charge in [-0.1, -0.05) is 24.4 Å². The zero-order valence-corrected chi connectivity index (χ0v) is 10.8. The second kappa shape index (κ2) is 5.94. The molecule has 0 aromatic carbocycles. The van der Waals surface area contributed by atoms with Crippen molar-refractivity contribution in [1.29, 1.82) is 0 Å². The highest BCUT2D eigenvalue weighted by atomic mass is 35.5. The van der Waals surface area contributed by atoms with Crippen LogP contribution in [0.25, 0.3) is 0 Å². The molecular formula is C11H11ClN2S2. The smallest absolute Gasteiger partial charge is 0.194 e.